The average Bonchev–Trinajstić information content (AvgIpc) is 3.40. The third kappa shape index (κ3) is 4.08. The summed E-state index contributed by atoms with van der Waals surface area (Å²) < 4.78 is 41.2. The summed E-state index contributed by atoms with van der Waals surface area (Å²) >= 11 is 1.44. The molecule has 0 spiro atoms. The van der Waals surface area contributed by atoms with Gasteiger partial charge in [0.05, 0.1) is 18.3 Å². The molecule has 11 heteroatoms. The Kier molecular flexibility index (Phi) is 5.24. The molecule has 1 aromatic carbocycles. The first-order chi connectivity index (χ1) is 15.0. The molecule has 0 bridgehead atoms. The highest BCUT2D eigenvalue weighted by atomic mass is 32.1. The average molecular weight is 448 g/mol. The molecule has 7 nitrogen and oxygen atoms in total. The molecule has 3 aromatic rings. The SMILES string of the molecule is FC(F)(F)c1cnc(Nc2nc3c(s2)CNCC3)nc1N1OCCC1c1ccccc1. The highest BCUT2D eigenvalue weighted by Crippen LogP contribution is 2.41. The van der Waals surface area contributed by atoms with Crippen molar-refractivity contribution in [2.24, 2.45) is 0 Å². The van der Waals surface area contributed by atoms with Gasteiger partial charge in [-0.15, -0.1) is 11.3 Å². The molecule has 162 valence electrons. The third-order valence-corrected chi connectivity index (χ3v) is 6.21. The second-order valence-corrected chi connectivity index (χ2v) is 8.33. The van der Waals surface area contributed by atoms with Crippen LogP contribution in [0, 0.1) is 0 Å². The summed E-state index contributed by atoms with van der Waals surface area (Å²) in [6, 6.07) is 8.93. The number of thiazole rings is 1. The van der Waals surface area contributed by atoms with Crippen LogP contribution in [0.5, 0.6) is 0 Å². The lowest BCUT2D eigenvalue weighted by atomic mass is 10.0. The Bertz CT molecular complexity index is 1050. The van der Waals surface area contributed by atoms with Crippen LogP contribution in [0.1, 0.15) is 34.2 Å². The molecule has 1 atom stereocenters. The first kappa shape index (κ1) is 20.2. The van der Waals surface area contributed by atoms with E-state index in [0.29, 0.717) is 18.2 Å². The highest BCUT2D eigenvalue weighted by molar-refractivity contribution is 7.15. The van der Waals surface area contributed by atoms with Crippen molar-refractivity contribution < 1.29 is 18.0 Å². The smallest absolute Gasteiger partial charge is 0.311 e. The van der Waals surface area contributed by atoms with Crippen molar-refractivity contribution in [3.05, 3.63) is 58.2 Å². The second-order valence-electron chi connectivity index (χ2n) is 7.24. The van der Waals surface area contributed by atoms with E-state index in [1.54, 1.807) is 0 Å². The predicted octanol–water partition coefficient (Wildman–Crippen LogP) is 4.22. The summed E-state index contributed by atoms with van der Waals surface area (Å²) in [5, 5.41) is 8.05. The van der Waals surface area contributed by atoms with E-state index in [0.717, 1.165) is 41.8 Å². The Morgan fingerprint density at radius 2 is 2.03 bits per heavy atom. The molecular formula is C20H19F3N6OS. The Morgan fingerprint density at radius 3 is 2.81 bits per heavy atom. The second kappa shape index (κ2) is 8.06. The van der Waals surface area contributed by atoms with Crippen molar-refractivity contribution in [2.45, 2.75) is 31.6 Å². The van der Waals surface area contributed by atoms with Gasteiger partial charge in [-0.2, -0.15) is 18.2 Å². The molecule has 5 rings (SSSR count). The molecule has 2 aromatic heterocycles. The lowest BCUT2D eigenvalue weighted by Crippen LogP contribution is -2.26. The van der Waals surface area contributed by atoms with Crippen molar-refractivity contribution in [1.82, 2.24) is 20.3 Å². The zero-order valence-electron chi connectivity index (χ0n) is 16.3. The monoisotopic (exact) mass is 448 g/mol. The van der Waals surface area contributed by atoms with Gasteiger partial charge in [0.2, 0.25) is 5.95 Å². The largest absolute Gasteiger partial charge is 0.421 e. The van der Waals surface area contributed by atoms with E-state index in [9.17, 15) is 13.2 Å². The molecule has 31 heavy (non-hydrogen) atoms. The van der Waals surface area contributed by atoms with Gasteiger partial charge in [-0.05, 0) is 5.56 Å². The maximum Gasteiger partial charge on any atom is 0.421 e. The summed E-state index contributed by atoms with van der Waals surface area (Å²) in [5.41, 5.74) is 0.912. The molecule has 1 saturated heterocycles. The van der Waals surface area contributed by atoms with E-state index < -0.39 is 11.7 Å². The number of nitrogens with one attached hydrogen (secondary N) is 2. The summed E-state index contributed by atoms with van der Waals surface area (Å²) in [6.45, 7) is 1.88. The minimum absolute atomic E-state index is 0.0457. The van der Waals surface area contributed by atoms with Crippen molar-refractivity contribution in [2.75, 3.05) is 23.5 Å². The van der Waals surface area contributed by atoms with E-state index in [2.05, 4.69) is 25.6 Å². The van der Waals surface area contributed by atoms with Gasteiger partial charge in [-0.1, -0.05) is 30.3 Å². The van der Waals surface area contributed by atoms with E-state index in [-0.39, 0.29) is 17.8 Å². The number of hydroxylamine groups is 1. The van der Waals surface area contributed by atoms with Crippen LogP contribution in [0.2, 0.25) is 0 Å². The van der Waals surface area contributed by atoms with Gasteiger partial charge in [0.15, 0.2) is 10.9 Å². The number of halogens is 3. The minimum atomic E-state index is -4.62. The van der Waals surface area contributed by atoms with Crippen molar-refractivity contribution in [3.8, 4) is 0 Å². The third-order valence-electron chi connectivity index (χ3n) is 5.19. The van der Waals surface area contributed by atoms with Crippen LogP contribution < -0.4 is 15.7 Å². The molecule has 2 N–H and O–H groups in total. The normalized spacial score (nSPS) is 18.8. The van der Waals surface area contributed by atoms with Gasteiger partial charge in [-0.3, -0.25) is 10.2 Å². The number of benzene rings is 1. The Morgan fingerprint density at radius 1 is 1.19 bits per heavy atom. The molecular weight excluding hydrogens is 429 g/mol. The van der Waals surface area contributed by atoms with Crippen LogP contribution in [0.3, 0.4) is 0 Å². The van der Waals surface area contributed by atoms with Crippen molar-refractivity contribution >= 4 is 28.2 Å². The van der Waals surface area contributed by atoms with E-state index in [4.69, 9.17) is 4.84 Å². The molecule has 2 aliphatic rings. The summed E-state index contributed by atoms with van der Waals surface area (Å²) in [4.78, 5) is 19.4. The quantitative estimate of drug-likeness (QED) is 0.619. The summed E-state index contributed by atoms with van der Waals surface area (Å²) in [5.74, 6) is -0.260. The molecule has 2 aliphatic heterocycles. The maximum atomic E-state index is 13.7. The highest BCUT2D eigenvalue weighted by Gasteiger charge is 2.40. The fourth-order valence-corrected chi connectivity index (χ4v) is 4.70. The fourth-order valence-electron chi connectivity index (χ4n) is 3.73. The molecule has 4 heterocycles. The number of aromatic nitrogens is 3. The topological polar surface area (TPSA) is 75.2 Å². The van der Waals surface area contributed by atoms with Gasteiger partial charge >= 0.3 is 6.18 Å². The first-order valence-electron chi connectivity index (χ1n) is 9.86. The van der Waals surface area contributed by atoms with E-state index in [1.807, 2.05) is 30.3 Å². The van der Waals surface area contributed by atoms with Gasteiger partial charge in [-0.25, -0.2) is 15.0 Å². The lowest BCUT2D eigenvalue weighted by Gasteiger charge is -2.26. The minimum Gasteiger partial charge on any atom is -0.311 e. The van der Waals surface area contributed by atoms with Crippen molar-refractivity contribution in [1.29, 1.82) is 0 Å². The van der Waals surface area contributed by atoms with Crippen LogP contribution in [0.4, 0.5) is 30.1 Å². The van der Waals surface area contributed by atoms with Gasteiger partial charge in [0.1, 0.15) is 5.56 Å². The number of anilines is 3. The molecule has 1 fully saturated rings. The first-order valence-corrected chi connectivity index (χ1v) is 10.7. The molecule has 0 saturated carbocycles. The lowest BCUT2D eigenvalue weighted by molar-refractivity contribution is -0.138. The number of nitrogens with zero attached hydrogens (tertiary/aromatic N) is 4. The number of rotatable bonds is 4. The van der Waals surface area contributed by atoms with Crippen LogP contribution in [0.25, 0.3) is 0 Å². The number of hydrogen-bond acceptors (Lipinski definition) is 8. The van der Waals surface area contributed by atoms with Crippen LogP contribution in [-0.2, 0) is 24.0 Å². The number of alkyl halides is 3. The predicted molar refractivity (Wildman–Crippen MR) is 110 cm³/mol. The van der Waals surface area contributed by atoms with Gasteiger partial charge < -0.3 is 5.32 Å². The van der Waals surface area contributed by atoms with Crippen molar-refractivity contribution in [3.63, 3.8) is 0 Å². The molecule has 0 aliphatic carbocycles. The molecule has 0 radical (unpaired) electrons. The molecule has 0 amide bonds. The zero-order chi connectivity index (χ0) is 21.4. The van der Waals surface area contributed by atoms with Gasteiger partial charge in [0, 0.05) is 37.0 Å². The Labute approximate surface area is 180 Å². The zero-order valence-corrected chi connectivity index (χ0v) is 17.1. The summed E-state index contributed by atoms with van der Waals surface area (Å²) in [6.07, 6.45) is -2.45. The molecule has 1 unspecified atom stereocenters. The van der Waals surface area contributed by atoms with Gasteiger partial charge in [0.25, 0.3) is 0 Å². The Balaban J connectivity index is 1.50. The Hall–Kier alpha value is -2.76. The van der Waals surface area contributed by atoms with E-state index >= 15 is 0 Å². The van der Waals surface area contributed by atoms with E-state index in [1.165, 1.54) is 16.4 Å². The fraction of sp³-hybridized carbons (Fsp3) is 0.350. The van der Waals surface area contributed by atoms with Crippen LogP contribution in [0.15, 0.2) is 36.5 Å². The standard InChI is InChI=1S/C20H19F3N6OS/c21-20(22,23)13-10-25-18(28-19-26-14-6-8-24-11-16(14)31-19)27-17(13)29-15(7-9-30-29)12-4-2-1-3-5-12/h1-5,10,15,24H,6-9,11H2,(H,25,26,27,28). The summed E-state index contributed by atoms with van der Waals surface area (Å²) in [7, 11) is 0. The number of hydrogen-bond donors (Lipinski definition) is 2. The maximum absolute atomic E-state index is 13.7. The van der Waals surface area contributed by atoms with Crippen LogP contribution in [-0.4, -0.2) is 28.1 Å². The number of fused-ring (bicyclic) bond motifs is 1. The van der Waals surface area contributed by atoms with Crippen LogP contribution >= 0.6 is 11.3 Å².